The van der Waals surface area contributed by atoms with Crippen molar-refractivity contribution in [2.24, 2.45) is 0 Å². The molecule has 0 aromatic heterocycles. The lowest BCUT2D eigenvalue weighted by molar-refractivity contribution is -0.384. The van der Waals surface area contributed by atoms with Crippen LogP contribution >= 0.6 is 11.8 Å². The van der Waals surface area contributed by atoms with Crippen LogP contribution in [0, 0.1) is 17.0 Å². The molecule has 4 N–H and O–H groups in total. The maximum Gasteiger partial charge on any atom is 0.336 e. The van der Waals surface area contributed by atoms with E-state index in [0.29, 0.717) is 21.8 Å². The molecule has 0 aliphatic rings. The van der Waals surface area contributed by atoms with Crippen LogP contribution < -0.4 is 10.6 Å². The first-order valence-corrected chi connectivity index (χ1v) is 11.6. The van der Waals surface area contributed by atoms with Crippen LogP contribution in [0.15, 0.2) is 65.6 Å². The molecule has 2 amide bonds. The highest BCUT2D eigenvalue weighted by Gasteiger charge is 2.20. The van der Waals surface area contributed by atoms with E-state index in [1.807, 2.05) is 0 Å². The van der Waals surface area contributed by atoms with Gasteiger partial charge in [-0.1, -0.05) is 6.07 Å². The number of carbonyl (C=O) groups is 4. The van der Waals surface area contributed by atoms with Gasteiger partial charge in [-0.2, -0.15) is 0 Å². The molecule has 1 atom stereocenters. The molecule has 37 heavy (non-hydrogen) atoms. The first kappa shape index (κ1) is 26.9. The molecule has 3 aromatic carbocycles. The van der Waals surface area contributed by atoms with E-state index >= 15 is 0 Å². The van der Waals surface area contributed by atoms with Crippen LogP contribution in [0.5, 0.6) is 0 Å². The number of hydrogen-bond acceptors (Lipinski definition) is 7. The summed E-state index contributed by atoms with van der Waals surface area (Å²) in [6, 6.07) is 13.9. The van der Waals surface area contributed by atoms with Crippen LogP contribution in [0.25, 0.3) is 0 Å². The van der Waals surface area contributed by atoms with E-state index in [-0.39, 0.29) is 22.7 Å². The lowest BCUT2D eigenvalue weighted by Gasteiger charge is -2.14. The number of nitro groups is 1. The molecule has 0 aliphatic carbocycles. The summed E-state index contributed by atoms with van der Waals surface area (Å²) < 4.78 is 0. The van der Waals surface area contributed by atoms with Gasteiger partial charge >= 0.3 is 11.9 Å². The maximum absolute atomic E-state index is 12.7. The van der Waals surface area contributed by atoms with Gasteiger partial charge in [-0.3, -0.25) is 19.7 Å². The van der Waals surface area contributed by atoms with E-state index in [1.165, 1.54) is 30.0 Å². The van der Waals surface area contributed by atoms with Gasteiger partial charge in [-0.25, -0.2) is 9.59 Å². The number of hydrogen-bond donors (Lipinski definition) is 4. The van der Waals surface area contributed by atoms with E-state index < -0.39 is 33.6 Å². The van der Waals surface area contributed by atoms with E-state index in [4.69, 9.17) is 5.11 Å². The van der Waals surface area contributed by atoms with Crippen molar-refractivity contribution in [1.29, 1.82) is 0 Å². The first-order valence-electron chi connectivity index (χ1n) is 10.7. The highest BCUT2D eigenvalue weighted by Crippen LogP contribution is 2.28. The molecule has 0 aliphatic heterocycles. The number of non-ortho nitro benzene ring substituents is 1. The number of nitro benzene ring substituents is 1. The predicted molar refractivity (Wildman–Crippen MR) is 137 cm³/mol. The molecule has 3 rings (SSSR count). The highest BCUT2D eigenvalue weighted by molar-refractivity contribution is 8.00. The zero-order valence-corrected chi connectivity index (χ0v) is 20.4. The Labute approximate surface area is 214 Å². The monoisotopic (exact) mass is 523 g/mol. The summed E-state index contributed by atoms with van der Waals surface area (Å²) in [4.78, 5) is 59.1. The Hall–Kier alpha value is -4.71. The summed E-state index contributed by atoms with van der Waals surface area (Å²) in [6.07, 6.45) is 0. The first-order chi connectivity index (χ1) is 17.5. The topological polar surface area (TPSA) is 176 Å². The Bertz CT molecular complexity index is 1420. The highest BCUT2D eigenvalue weighted by atomic mass is 32.2. The second kappa shape index (κ2) is 11.4. The molecule has 1 unspecified atom stereocenters. The summed E-state index contributed by atoms with van der Waals surface area (Å²) in [5.74, 6) is -3.83. The summed E-state index contributed by atoms with van der Waals surface area (Å²) in [7, 11) is 0. The molecule has 0 bridgehead atoms. The van der Waals surface area contributed by atoms with Gasteiger partial charge in [0, 0.05) is 28.4 Å². The number of amides is 2. The van der Waals surface area contributed by atoms with Gasteiger partial charge in [0.2, 0.25) is 5.91 Å². The molecule has 190 valence electrons. The van der Waals surface area contributed by atoms with Crippen LogP contribution in [0.3, 0.4) is 0 Å². The molecule has 0 heterocycles. The number of carboxylic acid groups (broad SMARTS) is 2. The molecule has 0 fully saturated rings. The van der Waals surface area contributed by atoms with E-state index in [2.05, 4.69) is 10.6 Å². The lowest BCUT2D eigenvalue weighted by atomic mass is 10.0. The quantitative estimate of drug-likeness (QED) is 0.176. The smallest absolute Gasteiger partial charge is 0.336 e. The Kier molecular flexibility index (Phi) is 8.25. The fraction of sp³-hybridized carbons (Fsp3) is 0.120. The number of carboxylic acids is 2. The molecular formula is C25H21N3O8S. The van der Waals surface area contributed by atoms with Crippen LogP contribution in [0.4, 0.5) is 17.1 Å². The van der Waals surface area contributed by atoms with Crippen molar-refractivity contribution in [3.8, 4) is 0 Å². The van der Waals surface area contributed by atoms with Crippen LogP contribution in [-0.2, 0) is 4.79 Å². The fourth-order valence-corrected chi connectivity index (χ4v) is 4.22. The van der Waals surface area contributed by atoms with Crippen molar-refractivity contribution < 1.29 is 34.3 Å². The molecule has 0 spiro atoms. The minimum absolute atomic E-state index is 0.0786. The normalized spacial score (nSPS) is 11.3. The van der Waals surface area contributed by atoms with Crippen LogP contribution in [0.2, 0.25) is 0 Å². The van der Waals surface area contributed by atoms with Crippen LogP contribution in [0.1, 0.15) is 43.6 Å². The average Bonchev–Trinajstić information content (AvgIpc) is 2.84. The number of benzene rings is 3. The molecule has 0 saturated carbocycles. The number of nitrogens with one attached hydrogen (secondary N) is 2. The summed E-state index contributed by atoms with van der Waals surface area (Å²) in [5, 5.41) is 34.1. The standard InChI is InChI=1S/C25H21N3O8S/c1-13-10-17(28(35)36)7-9-21(13)27-22(29)14(2)37-18-5-3-4-16(12-18)26-23(30)19-8-6-15(24(31)32)11-20(19)25(33)34/h3-12,14H,1-2H3,(H,26,30)(H,27,29)(H,31,32)(H,33,34). The van der Waals surface area contributed by atoms with E-state index in [0.717, 1.165) is 18.2 Å². The molecule has 0 saturated heterocycles. The largest absolute Gasteiger partial charge is 0.478 e. The average molecular weight is 524 g/mol. The predicted octanol–water partition coefficient (Wildman–Crippen LogP) is 4.67. The molecule has 0 radical (unpaired) electrons. The molecule has 3 aromatic rings. The number of anilines is 2. The van der Waals surface area contributed by atoms with Gasteiger partial charge in [-0.05, 0) is 61.9 Å². The van der Waals surface area contributed by atoms with Crippen molar-refractivity contribution in [3.05, 3.63) is 93.0 Å². The number of aromatic carboxylic acids is 2. The van der Waals surface area contributed by atoms with Crippen molar-refractivity contribution in [2.75, 3.05) is 10.6 Å². The summed E-state index contributed by atoms with van der Waals surface area (Å²) in [5.41, 5.74) is 0.339. The Balaban J connectivity index is 1.70. The second-order valence-electron chi connectivity index (χ2n) is 7.86. The Morgan fingerprint density at radius 1 is 0.919 bits per heavy atom. The third-order valence-corrected chi connectivity index (χ3v) is 6.29. The Morgan fingerprint density at radius 2 is 1.65 bits per heavy atom. The SMILES string of the molecule is Cc1cc([N+](=O)[O-])ccc1NC(=O)C(C)Sc1cccc(NC(=O)c2ccc(C(=O)O)cc2C(=O)O)c1. The van der Waals surface area contributed by atoms with E-state index in [9.17, 15) is 34.4 Å². The third-order valence-electron chi connectivity index (χ3n) is 5.19. The Morgan fingerprint density at radius 3 is 2.27 bits per heavy atom. The van der Waals surface area contributed by atoms with Crippen LogP contribution in [-0.4, -0.2) is 44.1 Å². The van der Waals surface area contributed by atoms with Gasteiger partial charge in [0.1, 0.15) is 0 Å². The van der Waals surface area contributed by atoms with Crippen molar-refractivity contribution in [2.45, 2.75) is 24.0 Å². The molecule has 11 nitrogen and oxygen atoms in total. The van der Waals surface area contributed by atoms with E-state index in [1.54, 1.807) is 38.1 Å². The zero-order valence-electron chi connectivity index (χ0n) is 19.6. The van der Waals surface area contributed by atoms with Gasteiger partial charge in [0.25, 0.3) is 11.6 Å². The van der Waals surface area contributed by atoms with Crippen molar-refractivity contribution in [1.82, 2.24) is 0 Å². The number of nitrogens with zero attached hydrogens (tertiary/aromatic N) is 1. The summed E-state index contributed by atoms with van der Waals surface area (Å²) >= 11 is 1.20. The second-order valence-corrected chi connectivity index (χ2v) is 9.27. The number of thioether (sulfide) groups is 1. The zero-order chi connectivity index (χ0) is 27.3. The third kappa shape index (κ3) is 6.70. The van der Waals surface area contributed by atoms with Gasteiger partial charge in [0.05, 0.1) is 26.9 Å². The fourth-order valence-electron chi connectivity index (χ4n) is 3.29. The number of carbonyl (C=O) groups excluding carboxylic acids is 2. The van der Waals surface area contributed by atoms with Gasteiger partial charge < -0.3 is 20.8 Å². The van der Waals surface area contributed by atoms with Gasteiger partial charge in [-0.15, -0.1) is 11.8 Å². The molecular weight excluding hydrogens is 502 g/mol. The van der Waals surface area contributed by atoms with Crippen molar-refractivity contribution in [3.63, 3.8) is 0 Å². The lowest BCUT2D eigenvalue weighted by Crippen LogP contribution is -2.22. The molecule has 12 heteroatoms. The number of rotatable bonds is 9. The minimum atomic E-state index is -1.44. The minimum Gasteiger partial charge on any atom is -0.478 e. The van der Waals surface area contributed by atoms with Crippen molar-refractivity contribution >= 4 is 52.6 Å². The maximum atomic E-state index is 12.7. The number of aryl methyl sites for hydroxylation is 1. The van der Waals surface area contributed by atoms with Gasteiger partial charge in [0.15, 0.2) is 0 Å². The summed E-state index contributed by atoms with van der Waals surface area (Å²) in [6.45, 7) is 3.33.